The first kappa shape index (κ1) is 14.9. The van der Waals surface area contributed by atoms with Crippen molar-refractivity contribution in [2.75, 3.05) is 26.3 Å². The molecule has 1 fully saturated rings. The highest BCUT2D eigenvalue weighted by molar-refractivity contribution is 6.81. The van der Waals surface area contributed by atoms with E-state index in [1.54, 1.807) is 6.07 Å². The van der Waals surface area contributed by atoms with Crippen LogP contribution in [0.3, 0.4) is 0 Å². The van der Waals surface area contributed by atoms with Gasteiger partial charge in [0, 0.05) is 19.6 Å². The zero-order valence-corrected chi connectivity index (χ0v) is 13.0. The first-order valence-electron chi connectivity index (χ1n) is 8.08. The lowest BCUT2D eigenvalue weighted by Gasteiger charge is -2.26. The van der Waals surface area contributed by atoms with Crippen molar-refractivity contribution in [3.8, 4) is 0 Å². The molecule has 0 unspecified atom stereocenters. The van der Waals surface area contributed by atoms with Crippen molar-refractivity contribution in [3.05, 3.63) is 59.4 Å². The van der Waals surface area contributed by atoms with Gasteiger partial charge in [-0.05, 0) is 34.2 Å². The zero-order valence-electron chi connectivity index (χ0n) is 13.0. The summed E-state index contributed by atoms with van der Waals surface area (Å²) in [5.41, 5.74) is 4.45. The molecule has 0 spiro atoms. The second kappa shape index (κ2) is 6.44. The maximum Gasteiger partial charge on any atom is 0.362 e. The molecule has 0 atom stereocenters. The molecule has 0 N–H and O–H groups in total. The van der Waals surface area contributed by atoms with Crippen LogP contribution in [0.2, 0.25) is 0 Å². The van der Waals surface area contributed by atoms with Crippen molar-refractivity contribution in [1.29, 1.82) is 0 Å². The van der Waals surface area contributed by atoms with Crippen LogP contribution in [0.1, 0.15) is 11.1 Å². The Labute approximate surface area is 136 Å². The maximum atomic E-state index is 13.3. The minimum absolute atomic E-state index is 0.0877. The molecule has 0 saturated carbocycles. The Bertz CT molecular complexity index is 703. The van der Waals surface area contributed by atoms with Crippen LogP contribution in [0, 0.1) is 5.82 Å². The first-order valence-corrected chi connectivity index (χ1v) is 8.08. The fourth-order valence-electron chi connectivity index (χ4n) is 3.37. The molecule has 2 aromatic rings. The van der Waals surface area contributed by atoms with E-state index in [4.69, 9.17) is 9.39 Å². The maximum absolute atomic E-state index is 13.3. The van der Waals surface area contributed by atoms with Gasteiger partial charge >= 0.3 is 6.92 Å². The summed E-state index contributed by atoms with van der Waals surface area (Å²) in [5.74, 6) is -0.200. The third kappa shape index (κ3) is 3.18. The number of rotatable bonds is 3. The average molecular weight is 311 g/mol. The molecule has 2 heterocycles. The molecule has 1 saturated heterocycles. The summed E-state index contributed by atoms with van der Waals surface area (Å²) in [6.45, 7) is 4.90. The van der Waals surface area contributed by atoms with E-state index in [9.17, 15) is 4.39 Å². The lowest BCUT2D eigenvalue weighted by atomic mass is 9.55. The van der Waals surface area contributed by atoms with E-state index < -0.39 is 0 Å². The minimum Gasteiger partial charge on any atom is -0.423 e. The summed E-state index contributed by atoms with van der Waals surface area (Å²) in [5, 5.41) is 0. The van der Waals surface area contributed by atoms with Gasteiger partial charge in [-0.2, -0.15) is 0 Å². The summed E-state index contributed by atoms with van der Waals surface area (Å²) in [6, 6.07) is 13.5. The van der Waals surface area contributed by atoms with Crippen LogP contribution in [0.4, 0.5) is 4.39 Å². The van der Waals surface area contributed by atoms with Gasteiger partial charge in [0.1, 0.15) is 5.82 Å². The second-order valence-corrected chi connectivity index (χ2v) is 6.17. The van der Waals surface area contributed by atoms with Crippen molar-refractivity contribution in [2.45, 2.75) is 13.2 Å². The van der Waals surface area contributed by atoms with Crippen LogP contribution in [0.25, 0.3) is 0 Å². The van der Waals surface area contributed by atoms with E-state index in [1.807, 2.05) is 6.07 Å². The van der Waals surface area contributed by atoms with Crippen LogP contribution < -0.4 is 10.9 Å². The van der Waals surface area contributed by atoms with Crippen molar-refractivity contribution in [1.82, 2.24) is 4.90 Å². The minimum atomic E-state index is -0.200. The lowest BCUT2D eigenvalue weighted by molar-refractivity contribution is 0.0342. The van der Waals surface area contributed by atoms with Crippen molar-refractivity contribution < 1.29 is 13.8 Å². The highest BCUT2D eigenvalue weighted by Gasteiger charge is 2.30. The van der Waals surface area contributed by atoms with E-state index >= 15 is 0 Å². The smallest absolute Gasteiger partial charge is 0.362 e. The van der Waals surface area contributed by atoms with Gasteiger partial charge in [-0.25, -0.2) is 4.39 Å². The summed E-state index contributed by atoms with van der Waals surface area (Å²) < 4.78 is 24.7. The summed E-state index contributed by atoms with van der Waals surface area (Å²) in [7, 11) is 0. The van der Waals surface area contributed by atoms with Crippen LogP contribution in [0.15, 0.2) is 42.5 Å². The molecule has 2 aliphatic rings. The molecule has 23 heavy (non-hydrogen) atoms. The number of morpholine rings is 1. The number of nitrogens with zero attached hydrogens (tertiary/aromatic N) is 1. The van der Waals surface area contributed by atoms with Crippen LogP contribution in [-0.4, -0.2) is 38.1 Å². The van der Waals surface area contributed by atoms with Crippen LogP contribution in [0.5, 0.6) is 0 Å². The van der Waals surface area contributed by atoms with Gasteiger partial charge in [-0.15, -0.1) is 0 Å². The zero-order chi connectivity index (χ0) is 15.6. The fourth-order valence-corrected chi connectivity index (χ4v) is 3.37. The van der Waals surface area contributed by atoms with Gasteiger partial charge in [0.25, 0.3) is 0 Å². The molecule has 3 nitrogen and oxygen atoms in total. The monoisotopic (exact) mass is 311 g/mol. The molecule has 118 valence electrons. The number of ether oxygens (including phenoxy) is 1. The molecule has 0 aliphatic carbocycles. The van der Waals surface area contributed by atoms with Gasteiger partial charge in [0.15, 0.2) is 0 Å². The number of fused-ring (bicyclic) bond motifs is 1. The second-order valence-electron chi connectivity index (χ2n) is 6.17. The van der Waals surface area contributed by atoms with Gasteiger partial charge in [0.05, 0.1) is 19.8 Å². The standard InChI is InChI=1S/C18H19BFNO2/c20-17-4-5-18-15(11-17)13-23-19(18)16-3-1-2-14(10-16)12-21-6-8-22-9-7-21/h1-5,10-11H,6-9,12-13H2. The summed E-state index contributed by atoms with van der Waals surface area (Å²) in [4.78, 5) is 2.40. The van der Waals surface area contributed by atoms with Crippen molar-refractivity contribution in [3.63, 3.8) is 0 Å². The molecule has 4 rings (SSSR count). The predicted octanol–water partition coefficient (Wildman–Crippen LogP) is 1.29. The number of benzene rings is 2. The molecule has 0 amide bonds. The van der Waals surface area contributed by atoms with E-state index in [0.717, 1.165) is 49.3 Å². The molecule has 0 radical (unpaired) electrons. The lowest BCUT2D eigenvalue weighted by Crippen LogP contribution is -2.41. The van der Waals surface area contributed by atoms with E-state index in [-0.39, 0.29) is 12.7 Å². The molecule has 2 aliphatic heterocycles. The predicted molar refractivity (Wildman–Crippen MR) is 88.7 cm³/mol. The topological polar surface area (TPSA) is 21.7 Å². The average Bonchev–Trinajstić information content (AvgIpc) is 2.99. The Morgan fingerprint density at radius 1 is 1.09 bits per heavy atom. The van der Waals surface area contributed by atoms with Gasteiger partial charge in [-0.3, -0.25) is 4.90 Å². The Morgan fingerprint density at radius 2 is 1.96 bits per heavy atom. The Kier molecular flexibility index (Phi) is 4.16. The largest absolute Gasteiger partial charge is 0.423 e. The van der Waals surface area contributed by atoms with Gasteiger partial charge in [0.2, 0.25) is 0 Å². The van der Waals surface area contributed by atoms with E-state index in [1.165, 1.54) is 11.6 Å². The molecular formula is C18H19BFNO2. The molecule has 5 heteroatoms. The highest BCUT2D eigenvalue weighted by atomic mass is 19.1. The summed E-state index contributed by atoms with van der Waals surface area (Å²) >= 11 is 0. The van der Waals surface area contributed by atoms with Gasteiger partial charge in [-0.1, -0.05) is 30.3 Å². The number of hydrogen-bond acceptors (Lipinski definition) is 3. The fraction of sp³-hybridized carbons (Fsp3) is 0.333. The molecular weight excluding hydrogens is 292 g/mol. The first-order chi connectivity index (χ1) is 11.3. The third-order valence-electron chi connectivity index (χ3n) is 4.56. The number of hydrogen-bond donors (Lipinski definition) is 0. The SMILES string of the molecule is Fc1ccc2c(c1)COB2c1cccc(CN2CCOCC2)c1. The van der Waals surface area contributed by atoms with Crippen LogP contribution in [-0.2, 0) is 22.5 Å². The molecule has 0 aromatic heterocycles. The van der Waals surface area contributed by atoms with Crippen LogP contribution >= 0.6 is 0 Å². The molecule has 2 aromatic carbocycles. The van der Waals surface area contributed by atoms with Crippen molar-refractivity contribution >= 4 is 17.8 Å². The molecule has 0 bridgehead atoms. The van der Waals surface area contributed by atoms with Crippen molar-refractivity contribution in [2.24, 2.45) is 0 Å². The Hall–Kier alpha value is -1.69. The third-order valence-corrected chi connectivity index (χ3v) is 4.56. The van der Waals surface area contributed by atoms with Gasteiger partial charge < -0.3 is 9.39 Å². The summed E-state index contributed by atoms with van der Waals surface area (Å²) in [6.07, 6.45) is 0. The Morgan fingerprint density at radius 3 is 2.83 bits per heavy atom. The Balaban J connectivity index is 1.55. The number of halogens is 1. The normalized spacial score (nSPS) is 18.2. The quantitative estimate of drug-likeness (QED) is 0.798. The van der Waals surface area contributed by atoms with E-state index in [0.29, 0.717) is 6.61 Å². The highest BCUT2D eigenvalue weighted by Crippen LogP contribution is 2.14. The van der Waals surface area contributed by atoms with E-state index in [2.05, 4.69) is 29.2 Å².